The highest BCUT2D eigenvalue weighted by atomic mass is 16.2. The number of nitrogens with zero attached hydrogens (tertiary/aromatic N) is 5. The molecule has 1 aliphatic rings. The Balaban J connectivity index is 0.00000193. The third-order valence-electron chi connectivity index (χ3n) is 5.22. The summed E-state index contributed by atoms with van der Waals surface area (Å²) < 4.78 is 0. The van der Waals surface area contributed by atoms with Crippen LogP contribution >= 0.6 is 0 Å². The van der Waals surface area contributed by atoms with Crippen molar-refractivity contribution in [1.29, 1.82) is 0 Å². The third kappa shape index (κ3) is 5.03. The van der Waals surface area contributed by atoms with E-state index in [0.717, 1.165) is 5.56 Å². The Bertz CT molecular complexity index is 1060. The number of aryl methyl sites for hydroxylation is 1. The molecule has 0 radical (unpaired) electrons. The van der Waals surface area contributed by atoms with Crippen LogP contribution in [0.4, 0.5) is 11.6 Å². The minimum absolute atomic E-state index is 0. The van der Waals surface area contributed by atoms with E-state index in [-0.39, 0.29) is 20.4 Å². The number of hydrogen-bond acceptors (Lipinski definition) is 6. The van der Waals surface area contributed by atoms with E-state index in [1.165, 1.54) is 0 Å². The van der Waals surface area contributed by atoms with Gasteiger partial charge in [0.05, 0.1) is 18.3 Å². The summed E-state index contributed by atoms with van der Waals surface area (Å²) in [4.78, 5) is 42.2. The maximum Gasteiger partial charge on any atom is 0.277 e. The molecular formula is C23H28N6O2. The summed E-state index contributed by atoms with van der Waals surface area (Å²) in [6.45, 7) is 4.25. The van der Waals surface area contributed by atoms with Gasteiger partial charge in [0.1, 0.15) is 11.6 Å². The van der Waals surface area contributed by atoms with Crippen LogP contribution in [0.2, 0.25) is 0 Å². The molecule has 162 valence electrons. The first-order chi connectivity index (χ1) is 15.1. The summed E-state index contributed by atoms with van der Waals surface area (Å²) in [5, 5.41) is 2.75. The average molecular weight is 421 g/mol. The summed E-state index contributed by atoms with van der Waals surface area (Å²) in [6, 6.07) is 15.1. The highest BCUT2D eigenvalue weighted by molar-refractivity contribution is 6.03. The SMILES string of the molecule is Cc1ncc(N2CCN(C(=O)Cc3ccccc3)CC2)nc1C(=O)Nc1ccccn1.[HH].[HH]. The second-order valence-corrected chi connectivity index (χ2v) is 7.36. The monoisotopic (exact) mass is 420 g/mol. The molecule has 8 nitrogen and oxygen atoms in total. The number of carbonyl (C=O) groups is 2. The van der Waals surface area contributed by atoms with Gasteiger partial charge in [0, 0.05) is 35.2 Å². The maximum absolute atomic E-state index is 12.7. The molecule has 0 aliphatic carbocycles. The van der Waals surface area contributed by atoms with Crippen LogP contribution in [0, 0.1) is 6.92 Å². The average Bonchev–Trinajstić information content (AvgIpc) is 2.81. The molecule has 3 aromatic rings. The molecule has 0 unspecified atom stereocenters. The Morgan fingerprint density at radius 3 is 2.45 bits per heavy atom. The highest BCUT2D eigenvalue weighted by Crippen LogP contribution is 2.16. The maximum atomic E-state index is 12.7. The van der Waals surface area contributed by atoms with Crippen molar-refractivity contribution in [3.05, 3.63) is 77.9 Å². The predicted octanol–water partition coefficient (Wildman–Crippen LogP) is 2.82. The predicted molar refractivity (Wildman–Crippen MR) is 122 cm³/mol. The normalized spacial score (nSPS) is 13.7. The number of aromatic nitrogens is 3. The Morgan fingerprint density at radius 2 is 1.74 bits per heavy atom. The van der Waals surface area contributed by atoms with Crippen molar-refractivity contribution in [2.45, 2.75) is 13.3 Å². The largest absolute Gasteiger partial charge is 0.352 e. The molecule has 0 saturated carbocycles. The molecule has 2 amide bonds. The van der Waals surface area contributed by atoms with E-state index >= 15 is 0 Å². The molecule has 0 atom stereocenters. The molecule has 0 bridgehead atoms. The second kappa shape index (κ2) is 9.34. The van der Waals surface area contributed by atoms with E-state index < -0.39 is 0 Å². The second-order valence-electron chi connectivity index (χ2n) is 7.36. The van der Waals surface area contributed by atoms with Crippen molar-refractivity contribution in [2.24, 2.45) is 0 Å². The minimum Gasteiger partial charge on any atom is -0.352 e. The third-order valence-corrected chi connectivity index (χ3v) is 5.22. The number of amides is 2. The number of nitrogens with one attached hydrogen (secondary N) is 1. The molecular weight excluding hydrogens is 392 g/mol. The Morgan fingerprint density at radius 1 is 1.00 bits per heavy atom. The number of hydrogen-bond donors (Lipinski definition) is 1. The number of rotatable bonds is 5. The topological polar surface area (TPSA) is 91.3 Å². The lowest BCUT2D eigenvalue weighted by Crippen LogP contribution is -2.49. The lowest BCUT2D eigenvalue weighted by atomic mass is 10.1. The molecule has 8 heteroatoms. The van der Waals surface area contributed by atoms with Gasteiger partial charge in [-0.25, -0.2) is 9.97 Å². The van der Waals surface area contributed by atoms with Crippen molar-refractivity contribution < 1.29 is 12.4 Å². The van der Waals surface area contributed by atoms with Crippen LogP contribution < -0.4 is 10.2 Å². The molecule has 0 spiro atoms. The number of piperazine rings is 1. The van der Waals surface area contributed by atoms with Gasteiger partial charge in [-0.15, -0.1) is 0 Å². The fourth-order valence-corrected chi connectivity index (χ4v) is 3.49. The van der Waals surface area contributed by atoms with E-state index in [9.17, 15) is 9.59 Å². The van der Waals surface area contributed by atoms with Crippen LogP contribution in [-0.4, -0.2) is 57.8 Å². The van der Waals surface area contributed by atoms with Crippen molar-refractivity contribution in [1.82, 2.24) is 19.9 Å². The molecule has 31 heavy (non-hydrogen) atoms. The van der Waals surface area contributed by atoms with Gasteiger partial charge < -0.3 is 15.1 Å². The van der Waals surface area contributed by atoms with E-state index in [1.807, 2.05) is 35.2 Å². The van der Waals surface area contributed by atoms with Crippen molar-refractivity contribution >= 4 is 23.5 Å². The molecule has 3 heterocycles. The zero-order valence-electron chi connectivity index (χ0n) is 17.4. The number of carbonyl (C=O) groups excluding carboxylic acids is 2. The fraction of sp³-hybridized carbons (Fsp3) is 0.261. The summed E-state index contributed by atoms with van der Waals surface area (Å²) in [5.74, 6) is 0.870. The summed E-state index contributed by atoms with van der Waals surface area (Å²) >= 11 is 0. The first-order valence-electron chi connectivity index (χ1n) is 10.2. The Hall–Kier alpha value is -3.81. The van der Waals surface area contributed by atoms with Crippen LogP contribution in [0.5, 0.6) is 0 Å². The van der Waals surface area contributed by atoms with Crippen LogP contribution in [0.1, 0.15) is 24.6 Å². The summed E-state index contributed by atoms with van der Waals surface area (Å²) in [6.07, 6.45) is 3.69. The molecule has 1 fully saturated rings. The summed E-state index contributed by atoms with van der Waals surface area (Å²) in [7, 11) is 0. The zero-order valence-corrected chi connectivity index (χ0v) is 17.4. The smallest absolute Gasteiger partial charge is 0.277 e. The minimum atomic E-state index is -0.345. The van der Waals surface area contributed by atoms with E-state index in [4.69, 9.17) is 0 Å². The van der Waals surface area contributed by atoms with Crippen LogP contribution in [0.25, 0.3) is 0 Å². The quantitative estimate of drug-likeness (QED) is 0.683. The molecule has 1 aromatic carbocycles. The van der Waals surface area contributed by atoms with Crippen molar-refractivity contribution in [3.63, 3.8) is 0 Å². The molecule has 1 N–H and O–H groups in total. The van der Waals surface area contributed by atoms with Gasteiger partial charge in [-0.05, 0) is 24.6 Å². The molecule has 2 aromatic heterocycles. The molecule has 4 rings (SSSR count). The van der Waals surface area contributed by atoms with Gasteiger partial charge >= 0.3 is 0 Å². The Labute approximate surface area is 183 Å². The van der Waals surface area contributed by atoms with E-state index in [1.54, 1.807) is 37.5 Å². The first kappa shape index (κ1) is 20.5. The van der Waals surface area contributed by atoms with E-state index in [2.05, 4.69) is 25.2 Å². The van der Waals surface area contributed by atoms with Crippen LogP contribution in [-0.2, 0) is 11.2 Å². The van der Waals surface area contributed by atoms with Crippen LogP contribution in [0.15, 0.2) is 60.9 Å². The highest BCUT2D eigenvalue weighted by Gasteiger charge is 2.23. The van der Waals surface area contributed by atoms with Gasteiger partial charge in [0.25, 0.3) is 5.91 Å². The Kier molecular flexibility index (Phi) is 6.16. The number of pyridine rings is 1. The fourth-order valence-electron chi connectivity index (χ4n) is 3.49. The lowest BCUT2D eigenvalue weighted by Gasteiger charge is -2.35. The lowest BCUT2D eigenvalue weighted by molar-refractivity contribution is -0.130. The summed E-state index contributed by atoms with van der Waals surface area (Å²) in [5.41, 5.74) is 1.84. The first-order valence-corrected chi connectivity index (χ1v) is 10.2. The standard InChI is InChI=1S/C23H24N6O2.2H2/c1-17-22(23(31)26-19-9-5-6-10-24-19)27-20(16-25-17)28-11-13-29(14-12-28)21(30)15-18-7-3-2-4-8-18;;/h2-10,16H,11-15H2,1H3,(H,24,26,31);2*1H. The van der Waals surface area contributed by atoms with Gasteiger partial charge in [-0.2, -0.15) is 0 Å². The van der Waals surface area contributed by atoms with Gasteiger partial charge in [0.15, 0.2) is 5.69 Å². The van der Waals surface area contributed by atoms with Crippen LogP contribution in [0.3, 0.4) is 0 Å². The van der Waals surface area contributed by atoms with Crippen molar-refractivity contribution in [3.8, 4) is 0 Å². The van der Waals surface area contributed by atoms with Gasteiger partial charge in [-0.3, -0.25) is 14.6 Å². The molecule has 1 saturated heterocycles. The van der Waals surface area contributed by atoms with E-state index in [0.29, 0.717) is 49.9 Å². The number of benzene rings is 1. The number of anilines is 2. The molecule has 1 aliphatic heterocycles. The van der Waals surface area contributed by atoms with Gasteiger partial charge in [-0.1, -0.05) is 36.4 Å². The zero-order chi connectivity index (χ0) is 21.6. The van der Waals surface area contributed by atoms with Gasteiger partial charge in [0.2, 0.25) is 5.91 Å². The van der Waals surface area contributed by atoms with Crippen molar-refractivity contribution in [2.75, 3.05) is 36.4 Å².